The average Bonchev–Trinajstić information content (AvgIpc) is 3.41. The van der Waals surface area contributed by atoms with Crippen LogP contribution < -0.4 is 4.90 Å². The molecule has 0 radical (unpaired) electrons. The summed E-state index contributed by atoms with van der Waals surface area (Å²) >= 11 is 0. The van der Waals surface area contributed by atoms with Gasteiger partial charge in [0, 0.05) is 20.1 Å². The Labute approximate surface area is 130 Å². The normalized spacial score (nSPS) is 17.7. The third kappa shape index (κ3) is 2.43. The minimum absolute atomic E-state index is 0.659. The molecule has 0 saturated heterocycles. The molecular weight excluding hydrogens is 274 g/mol. The number of imidazole rings is 1. The van der Waals surface area contributed by atoms with Gasteiger partial charge in [-0.15, -0.1) is 0 Å². The van der Waals surface area contributed by atoms with Gasteiger partial charge in [0.25, 0.3) is 0 Å². The van der Waals surface area contributed by atoms with E-state index in [0.29, 0.717) is 5.56 Å². The maximum Gasteiger partial charge on any atom is 0.162 e. The molecule has 22 heavy (non-hydrogen) atoms. The second-order valence-electron chi connectivity index (χ2n) is 6.82. The summed E-state index contributed by atoms with van der Waals surface area (Å²) in [5.41, 5.74) is 2.35. The van der Waals surface area contributed by atoms with E-state index >= 15 is 0 Å². The summed E-state index contributed by atoms with van der Waals surface area (Å²) in [6, 6.07) is 4.23. The Morgan fingerprint density at radius 3 is 2.41 bits per heavy atom. The largest absolute Gasteiger partial charge is 0.355 e. The van der Waals surface area contributed by atoms with Gasteiger partial charge >= 0.3 is 0 Å². The topological polar surface area (TPSA) is 57.7 Å². The highest BCUT2D eigenvalue weighted by Gasteiger charge is 2.31. The lowest BCUT2D eigenvalue weighted by Gasteiger charge is -2.24. The van der Waals surface area contributed by atoms with Crippen molar-refractivity contribution < 1.29 is 0 Å². The first-order valence-electron chi connectivity index (χ1n) is 8.15. The Balaban J connectivity index is 1.78. The Kier molecular flexibility index (Phi) is 3.07. The molecule has 2 aliphatic rings. The summed E-state index contributed by atoms with van der Waals surface area (Å²) in [5.74, 6) is 3.36. The van der Waals surface area contributed by atoms with Crippen LogP contribution in [0.25, 0.3) is 11.2 Å². The number of pyridine rings is 1. The first kappa shape index (κ1) is 13.6. The van der Waals surface area contributed by atoms with Crippen molar-refractivity contribution in [3.8, 4) is 6.07 Å². The highest BCUT2D eigenvalue weighted by molar-refractivity contribution is 5.77. The summed E-state index contributed by atoms with van der Waals surface area (Å²) in [6.07, 6.45) is 5.26. The number of aryl methyl sites for hydroxylation is 2. The highest BCUT2D eigenvalue weighted by Crippen LogP contribution is 2.36. The molecular formula is C17H21N5. The van der Waals surface area contributed by atoms with Crippen LogP contribution >= 0.6 is 0 Å². The van der Waals surface area contributed by atoms with Crippen molar-refractivity contribution in [1.82, 2.24) is 14.5 Å². The van der Waals surface area contributed by atoms with Gasteiger partial charge < -0.3 is 9.47 Å². The molecule has 2 aromatic rings. The van der Waals surface area contributed by atoms with Crippen LogP contribution in [0.1, 0.15) is 37.1 Å². The predicted octanol–water partition coefficient (Wildman–Crippen LogP) is 2.77. The van der Waals surface area contributed by atoms with Crippen molar-refractivity contribution in [2.45, 2.75) is 32.6 Å². The van der Waals surface area contributed by atoms with Crippen LogP contribution in [0.4, 0.5) is 5.82 Å². The third-order valence-corrected chi connectivity index (χ3v) is 4.82. The SMILES string of the molecule is Cc1nc2cc(C#N)c(N(CC3CC3)CC3CC3)nc2n1C. The summed E-state index contributed by atoms with van der Waals surface area (Å²) in [7, 11) is 1.99. The summed E-state index contributed by atoms with van der Waals surface area (Å²) < 4.78 is 2.01. The summed E-state index contributed by atoms with van der Waals surface area (Å²) in [6.45, 7) is 4.06. The number of rotatable bonds is 5. The van der Waals surface area contributed by atoms with E-state index in [1.165, 1.54) is 25.7 Å². The number of nitrogens with zero attached hydrogens (tertiary/aromatic N) is 5. The number of hydrogen-bond acceptors (Lipinski definition) is 4. The number of anilines is 1. The second kappa shape index (κ2) is 4.98. The first-order chi connectivity index (χ1) is 10.7. The molecule has 0 aromatic carbocycles. The van der Waals surface area contributed by atoms with E-state index in [4.69, 9.17) is 4.98 Å². The van der Waals surface area contributed by atoms with Gasteiger partial charge in [-0.25, -0.2) is 9.97 Å². The van der Waals surface area contributed by atoms with E-state index in [2.05, 4.69) is 16.0 Å². The van der Waals surface area contributed by atoms with Crippen LogP contribution in [-0.4, -0.2) is 27.6 Å². The molecule has 0 bridgehead atoms. The van der Waals surface area contributed by atoms with Crippen molar-refractivity contribution in [3.63, 3.8) is 0 Å². The summed E-state index contributed by atoms with van der Waals surface area (Å²) in [5, 5.41) is 9.55. The van der Waals surface area contributed by atoms with Gasteiger partial charge in [-0.1, -0.05) is 0 Å². The zero-order chi connectivity index (χ0) is 15.3. The Bertz CT molecular complexity index is 747. The van der Waals surface area contributed by atoms with Gasteiger partial charge in [-0.2, -0.15) is 5.26 Å². The van der Waals surface area contributed by atoms with Crippen molar-refractivity contribution in [2.24, 2.45) is 18.9 Å². The van der Waals surface area contributed by atoms with Crippen molar-refractivity contribution in [2.75, 3.05) is 18.0 Å². The molecule has 4 rings (SSSR count). The Morgan fingerprint density at radius 1 is 1.23 bits per heavy atom. The van der Waals surface area contributed by atoms with Gasteiger partial charge in [0.2, 0.25) is 0 Å². The number of fused-ring (bicyclic) bond motifs is 1. The molecule has 2 aliphatic carbocycles. The van der Waals surface area contributed by atoms with Gasteiger partial charge in [-0.05, 0) is 50.5 Å². The molecule has 0 unspecified atom stereocenters. The van der Waals surface area contributed by atoms with Crippen molar-refractivity contribution in [3.05, 3.63) is 17.5 Å². The van der Waals surface area contributed by atoms with Crippen LogP contribution in [0.3, 0.4) is 0 Å². The standard InChI is InChI=1S/C17H21N5/c1-11-19-15-7-14(8-18)16(20-17(15)21(11)2)22(9-12-3-4-12)10-13-5-6-13/h7,12-13H,3-6,9-10H2,1-2H3. The Morgan fingerprint density at radius 2 is 1.86 bits per heavy atom. The van der Waals surface area contributed by atoms with E-state index in [1.54, 1.807) is 0 Å². The quantitative estimate of drug-likeness (QED) is 0.851. The minimum atomic E-state index is 0.659. The molecule has 0 atom stereocenters. The van der Waals surface area contributed by atoms with Gasteiger partial charge in [0.05, 0.1) is 5.56 Å². The minimum Gasteiger partial charge on any atom is -0.355 e. The van der Waals surface area contributed by atoms with Gasteiger partial charge in [0.15, 0.2) is 5.65 Å². The van der Waals surface area contributed by atoms with Crippen LogP contribution in [0.5, 0.6) is 0 Å². The van der Waals surface area contributed by atoms with Crippen LogP contribution in [0, 0.1) is 30.1 Å². The lowest BCUT2D eigenvalue weighted by molar-refractivity contribution is 0.671. The fourth-order valence-corrected chi connectivity index (χ4v) is 3.01. The smallest absolute Gasteiger partial charge is 0.162 e. The maximum absolute atomic E-state index is 9.55. The van der Waals surface area contributed by atoms with Crippen LogP contribution in [0.15, 0.2) is 6.07 Å². The van der Waals surface area contributed by atoms with E-state index in [9.17, 15) is 5.26 Å². The number of nitriles is 1. The molecule has 0 N–H and O–H groups in total. The van der Waals surface area contributed by atoms with Crippen molar-refractivity contribution in [1.29, 1.82) is 5.26 Å². The molecule has 5 nitrogen and oxygen atoms in total. The molecule has 0 spiro atoms. The van der Waals surface area contributed by atoms with E-state index < -0.39 is 0 Å². The van der Waals surface area contributed by atoms with Crippen LogP contribution in [-0.2, 0) is 7.05 Å². The highest BCUT2D eigenvalue weighted by atomic mass is 15.2. The zero-order valence-electron chi connectivity index (χ0n) is 13.2. The fraction of sp³-hybridized carbons (Fsp3) is 0.588. The molecule has 2 heterocycles. The lowest BCUT2D eigenvalue weighted by Crippen LogP contribution is -2.29. The third-order valence-electron chi connectivity index (χ3n) is 4.82. The molecule has 114 valence electrons. The molecule has 5 heteroatoms. The predicted molar refractivity (Wildman–Crippen MR) is 85.6 cm³/mol. The Hall–Kier alpha value is -2.09. The van der Waals surface area contributed by atoms with E-state index in [0.717, 1.165) is 47.7 Å². The average molecular weight is 295 g/mol. The molecule has 0 amide bonds. The van der Waals surface area contributed by atoms with E-state index in [1.807, 2.05) is 24.6 Å². The molecule has 0 aliphatic heterocycles. The van der Waals surface area contributed by atoms with E-state index in [-0.39, 0.29) is 0 Å². The van der Waals surface area contributed by atoms with Gasteiger partial charge in [-0.3, -0.25) is 0 Å². The van der Waals surface area contributed by atoms with Crippen LogP contribution in [0.2, 0.25) is 0 Å². The fourth-order valence-electron chi connectivity index (χ4n) is 3.01. The zero-order valence-corrected chi connectivity index (χ0v) is 13.2. The molecule has 2 aromatic heterocycles. The number of hydrogen-bond donors (Lipinski definition) is 0. The van der Waals surface area contributed by atoms with Crippen molar-refractivity contribution >= 4 is 17.0 Å². The summed E-state index contributed by atoms with van der Waals surface area (Å²) in [4.78, 5) is 11.7. The first-order valence-corrected chi connectivity index (χ1v) is 8.15. The van der Waals surface area contributed by atoms with Gasteiger partial charge in [0.1, 0.15) is 23.2 Å². The molecule has 2 fully saturated rings. The lowest BCUT2D eigenvalue weighted by atomic mass is 10.2. The second-order valence-corrected chi connectivity index (χ2v) is 6.82. The number of aromatic nitrogens is 3. The molecule has 2 saturated carbocycles. The maximum atomic E-state index is 9.55. The monoisotopic (exact) mass is 295 g/mol.